The van der Waals surface area contributed by atoms with E-state index in [0.717, 1.165) is 11.3 Å². The fourth-order valence-corrected chi connectivity index (χ4v) is 1.11. The van der Waals surface area contributed by atoms with E-state index in [4.69, 9.17) is 9.84 Å². The first-order chi connectivity index (χ1) is 5.36. The van der Waals surface area contributed by atoms with Crippen molar-refractivity contribution in [3.8, 4) is 11.5 Å². The summed E-state index contributed by atoms with van der Waals surface area (Å²) < 4.78 is 5.28. The van der Waals surface area contributed by atoms with Gasteiger partial charge in [0.05, 0.1) is 0 Å². The Hall–Kier alpha value is -0.860. The van der Waals surface area contributed by atoms with Crippen molar-refractivity contribution >= 4 is 30.9 Å². The van der Waals surface area contributed by atoms with Crippen LogP contribution < -0.4 is 4.74 Å². The van der Waals surface area contributed by atoms with Crippen molar-refractivity contribution in [3.05, 3.63) is 29.8 Å². The Morgan fingerprint density at radius 3 is 2.77 bits per heavy atom. The molecule has 1 aliphatic rings. The molecule has 2 rings (SSSR count). The van der Waals surface area contributed by atoms with E-state index < -0.39 is 0 Å². The van der Waals surface area contributed by atoms with Crippen molar-refractivity contribution in [2.45, 2.75) is 0 Å². The highest BCUT2D eigenvalue weighted by atomic mass is 35.5. The van der Waals surface area contributed by atoms with E-state index in [1.54, 1.807) is 18.2 Å². The third-order valence-corrected chi connectivity index (χ3v) is 1.63. The van der Waals surface area contributed by atoms with E-state index in [1.807, 2.05) is 12.2 Å². The van der Waals surface area contributed by atoms with Crippen molar-refractivity contribution in [1.29, 1.82) is 0 Å². The maximum Gasteiger partial charge on any atom is 0.127 e. The molecule has 0 atom stereocenters. The summed E-state index contributed by atoms with van der Waals surface area (Å²) in [7, 11) is 0. The van der Waals surface area contributed by atoms with E-state index in [2.05, 4.69) is 0 Å². The summed E-state index contributed by atoms with van der Waals surface area (Å²) in [5.41, 5.74) is 0.941. The summed E-state index contributed by atoms with van der Waals surface area (Å²) in [4.78, 5) is 0. The van der Waals surface area contributed by atoms with Crippen LogP contribution in [0.25, 0.3) is 6.08 Å². The number of hydrogen-bond acceptors (Lipinski definition) is 2. The molecular weight excluding hydrogens is 211 g/mol. The van der Waals surface area contributed by atoms with Crippen LogP contribution in [0.2, 0.25) is 0 Å². The van der Waals surface area contributed by atoms with Gasteiger partial charge in [0.25, 0.3) is 0 Å². The van der Waals surface area contributed by atoms with Gasteiger partial charge >= 0.3 is 0 Å². The van der Waals surface area contributed by atoms with Crippen LogP contribution in [0.3, 0.4) is 0 Å². The van der Waals surface area contributed by atoms with E-state index in [-0.39, 0.29) is 30.6 Å². The molecule has 1 aromatic carbocycles. The Labute approximate surface area is 89.0 Å². The van der Waals surface area contributed by atoms with Gasteiger partial charge in [-0.05, 0) is 24.3 Å². The number of rotatable bonds is 0. The molecule has 0 radical (unpaired) electrons. The molecular formula is C9H10Cl2O2. The number of phenols is 1. The second-order valence-corrected chi connectivity index (χ2v) is 2.44. The number of halogens is 2. The minimum atomic E-state index is 0. The van der Waals surface area contributed by atoms with Crippen molar-refractivity contribution in [3.63, 3.8) is 0 Å². The van der Waals surface area contributed by atoms with E-state index >= 15 is 0 Å². The largest absolute Gasteiger partial charge is 0.508 e. The molecule has 1 N–H and O–H groups in total. The predicted octanol–water partition coefficient (Wildman–Crippen LogP) is 2.64. The van der Waals surface area contributed by atoms with Gasteiger partial charge in [-0.25, -0.2) is 0 Å². The van der Waals surface area contributed by atoms with Gasteiger partial charge in [-0.15, -0.1) is 24.8 Å². The van der Waals surface area contributed by atoms with Crippen molar-refractivity contribution in [2.24, 2.45) is 0 Å². The fraction of sp³-hybridized carbons (Fsp3) is 0.111. The summed E-state index contributed by atoms with van der Waals surface area (Å²) in [5.74, 6) is 1.12. The second-order valence-electron chi connectivity index (χ2n) is 2.44. The van der Waals surface area contributed by atoms with Crippen LogP contribution >= 0.6 is 24.8 Å². The van der Waals surface area contributed by atoms with Gasteiger partial charge in [0.15, 0.2) is 0 Å². The molecule has 1 aromatic rings. The maximum absolute atomic E-state index is 9.10. The van der Waals surface area contributed by atoms with Crippen LogP contribution in [-0.4, -0.2) is 11.7 Å². The standard InChI is InChI=1S/C9H8O2.2ClH/c10-8-3-4-9-7(6-8)2-1-5-11-9;;/h1-4,6,10H,5H2;2*1H. The molecule has 2 nitrogen and oxygen atoms in total. The number of ether oxygens (including phenoxy) is 1. The van der Waals surface area contributed by atoms with Crippen LogP contribution in [0.1, 0.15) is 5.56 Å². The molecule has 0 unspecified atom stereocenters. The summed E-state index contributed by atoms with van der Waals surface area (Å²) >= 11 is 0. The summed E-state index contributed by atoms with van der Waals surface area (Å²) in [5, 5.41) is 9.10. The first-order valence-electron chi connectivity index (χ1n) is 3.48. The highest BCUT2D eigenvalue weighted by Gasteiger charge is 2.04. The van der Waals surface area contributed by atoms with Crippen molar-refractivity contribution < 1.29 is 9.84 Å². The van der Waals surface area contributed by atoms with E-state index in [1.165, 1.54) is 0 Å². The Bertz CT molecular complexity index is 310. The minimum absolute atomic E-state index is 0. The Balaban J connectivity index is 0.000000720. The molecule has 1 aliphatic heterocycles. The molecule has 0 saturated heterocycles. The van der Waals surface area contributed by atoms with Gasteiger partial charge in [0.1, 0.15) is 18.1 Å². The quantitative estimate of drug-likeness (QED) is 0.729. The smallest absolute Gasteiger partial charge is 0.127 e. The van der Waals surface area contributed by atoms with Crippen LogP contribution in [0, 0.1) is 0 Å². The Morgan fingerprint density at radius 2 is 2.00 bits per heavy atom. The molecule has 0 fully saturated rings. The molecule has 0 bridgehead atoms. The molecule has 4 heteroatoms. The zero-order valence-electron chi connectivity index (χ0n) is 6.77. The fourth-order valence-electron chi connectivity index (χ4n) is 1.11. The summed E-state index contributed by atoms with van der Waals surface area (Å²) in [6.07, 6.45) is 3.86. The van der Waals surface area contributed by atoms with Gasteiger partial charge in [-0.3, -0.25) is 0 Å². The van der Waals surface area contributed by atoms with Gasteiger partial charge in [-0.2, -0.15) is 0 Å². The zero-order chi connectivity index (χ0) is 7.68. The molecule has 0 amide bonds. The SMILES string of the molecule is Cl.Cl.Oc1ccc2c(c1)C=CCO2. The van der Waals surface area contributed by atoms with Crippen LogP contribution in [0.4, 0.5) is 0 Å². The Morgan fingerprint density at radius 1 is 1.23 bits per heavy atom. The lowest BCUT2D eigenvalue weighted by Crippen LogP contribution is -1.99. The van der Waals surface area contributed by atoms with Crippen molar-refractivity contribution in [1.82, 2.24) is 0 Å². The van der Waals surface area contributed by atoms with Gasteiger partial charge < -0.3 is 9.84 Å². The number of benzene rings is 1. The maximum atomic E-state index is 9.10. The first kappa shape index (κ1) is 12.1. The highest BCUT2D eigenvalue weighted by Crippen LogP contribution is 2.26. The van der Waals surface area contributed by atoms with Crippen LogP contribution in [-0.2, 0) is 0 Å². The minimum Gasteiger partial charge on any atom is -0.508 e. The molecule has 13 heavy (non-hydrogen) atoms. The van der Waals surface area contributed by atoms with E-state index in [0.29, 0.717) is 6.61 Å². The summed E-state index contributed by atoms with van der Waals surface area (Å²) in [6, 6.07) is 5.08. The zero-order valence-corrected chi connectivity index (χ0v) is 8.40. The topological polar surface area (TPSA) is 29.5 Å². The molecule has 0 saturated carbocycles. The molecule has 72 valence electrons. The highest BCUT2D eigenvalue weighted by molar-refractivity contribution is 5.85. The molecule has 0 aliphatic carbocycles. The second kappa shape index (κ2) is 5.00. The van der Waals surface area contributed by atoms with Crippen LogP contribution in [0.5, 0.6) is 11.5 Å². The van der Waals surface area contributed by atoms with Gasteiger partial charge in [0.2, 0.25) is 0 Å². The number of fused-ring (bicyclic) bond motifs is 1. The predicted molar refractivity (Wildman–Crippen MR) is 57.1 cm³/mol. The Kier molecular flexibility index (Phi) is 4.67. The van der Waals surface area contributed by atoms with Gasteiger partial charge in [0, 0.05) is 5.56 Å². The molecule has 0 aromatic heterocycles. The average Bonchev–Trinajstić information content (AvgIpc) is 2.04. The lowest BCUT2D eigenvalue weighted by atomic mass is 10.1. The van der Waals surface area contributed by atoms with E-state index in [9.17, 15) is 0 Å². The van der Waals surface area contributed by atoms with Gasteiger partial charge in [-0.1, -0.05) is 6.08 Å². The lowest BCUT2D eigenvalue weighted by molar-refractivity contribution is 0.357. The number of phenolic OH excluding ortho intramolecular Hbond substituents is 1. The third-order valence-electron chi connectivity index (χ3n) is 1.63. The molecule has 0 spiro atoms. The normalized spacial score (nSPS) is 11.7. The monoisotopic (exact) mass is 220 g/mol. The van der Waals surface area contributed by atoms with Crippen molar-refractivity contribution in [2.75, 3.05) is 6.61 Å². The molecule has 1 heterocycles. The lowest BCUT2D eigenvalue weighted by Gasteiger charge is -2.11. The summed E-state index contributed by atoms with van der Waals surface area (Å²) in [6.45, 7) is 0.623. The first-order valence-corrected chi connectivity index (χ1v) is 3.48. The average molecular weight is 221 g/mol. The van der Waals surface area contributed by atoms with Crippen LogP contribution in [0.15, 0.2) is 24.3 Å². The third kappa shape index (κ3) is 2.54. The number of aromatic hydroxyl groups is 1. The number of hydrogen-bond donors (Lipinski definition) is 1.